The average Bonchev–Trinajstić information content (AvgIpc) is 2.83. The number of aliphatic carboxylic acids is 1. The van der Waals surface area contributed by atoms with Gasteiger partial charge in [0.25, 0.3) is 5.91 Å². The largest absolute Gasteiger partial charge is 0.481 e. The predicted molar refractivity (Wildman–Crippen MR) is 79.1 cm³/mol. The molecule has 1 fully saturated rings. The summed E-state index contributed by atoms with van der Waals surface area (Å²) in [5.74, 6) is -0.250. The number of rotatable bonds is 4. The van der Waals surface area contributed by atoms with Crippen LogP contribution in [0.15, 0.2) is 10.8 Å². The van der Waals surface area contributed by atoms with Crippen molar-refractivity contribution in [2.24, 2.45) is 11.8 Å². The Hall–Kier alpha value is -1.36. The summed E-state index contributed by atoms with van der Waals surface area (Å²) >= 11 is 1.55. The fraction of sp³-hybridized carbons (Fsp3) is 0.600. The number of piperidine rings is 1. The number of amides is 1. The van der Waals surface area contributed by atoms with Crippen LogP contribution >= 0.6 is 11.3 Å². The van der Waals surface area contributed by atoms with Crippen LogP contribution in [0.4, 0.5) is 0 Å². The van der Waals surface area contributed by atoms with Crippen LogP contribution in [0.2, 0.25) is 0 Å². The van der Waals surface area contributed by atoms with Crippen molar-refractivity contribution >= 4 is 23.2 Å². The Labute approximate surface area is 123 Å². The summed E-state index contributed by atoms with van der Waals surface area (Å²) in [6.45, 7) is 5.40. The number of hydrogen-bond acceptors (Lipinski definition) is 3. The molecule has 0 spiro atoms. The van der Waals surface area contributed by atoms with Crippen molar-refractivity contribution in [2.45, 2.75) is 33.1 Å². The van der Waals surface area contributed by atoms with E-state index >= 15 is 0 Å². The third kappa shape index (κ3) is 3.39. The zero-order chi connectivity index (χ0) is 14.7. The van der Waals surface area contributed by atoms with Gasteiger partial charge >= 0.3 is 5.97 Å². The van der Waals surface area contributed by atoms with E-state index in [4.69, 9.17) is 5.11 Å². The maximum atomic E-state index is 12.5. The highest BCUT2D eigenvalue weighted by Gasteiger charge is 2.29. The Balaban J connectivity index is 2.02. The van der Waals surface area contributed by atoms with Crippen LogP contribution in [-0.4, -0.2) is 35.0 Å². The molecule has 1 N–H and O–H groups in total. The predicted octanol–water partition coefficient (Wildman–Crippen LogP) is 3.02. The number of carboxylic acids is 1. The van der Waals surface area contributed by atoms with E-state index in [2.05, 4.69) is 0 Å². The lowest BCUT2D eigenvalue weighted by Gasteiger charge is -2.35. The normalized spacial score (nSPS) is 20.7. The summed E-state index contributed by atoms with van der Waals surface area (Å²) in [4.78, 5) is 25.2. The van der Waals surface area contributed by atoms with Gasteiger partial charge in [0.15, 0.2) is 0 Å². The van der Waals surface area contributed by atoms with Gasteiger partial charge in [-0.2, -0.15) is 11.3 Å². The Kier molecular flexibility index (Phi) is 4.81. The summed E-state index contributed by atoms with van der Waals surface area (Å²) in [5.41, 5.74) is 1.82. The molecule has 2 unspecified atom stereocenters. The second-order valence-corrected chi connectivity index (χ2v) is 6.44. The molecule has 1 aromatic heterocycles. The van der Waals surface area contributed by atoms with Gasteiger partial charge in [-0.1, -0.05) is 6.92 Å². The van der Waals surface area contributed by atoms with Crippen LogP contribution in [0, 0.1) is 18.8 Å². The molecule has 1 amide bonds. The molecule has 0 aliphatic carbocycles. The number of thiophene rings is 1. The molecule has 0 radical (unpaired) electrons. The SMILES string of the molecule is Cc1cscc1C(=O)N1CCCC(C(C)CC(=O)O)C1. The number of carbonyl (C=O) groups excluding carboxylic acids is 1. The van der Waals surface area contributed by atoms with Gasteiger partial charge in [-0.25, -0.2) is 0 Å². The standard InChI is InChI=1S/C15H21NO3S/c1-10(6-14(17)18)12-4-3-5-16(7-12)15(19)13-9-20-8-11(13)2/h8-10,12H,3-7H2,1-2H3,(H,17,18). The van der Waals surface area contributed by atoms with E-state index in [1.165, 1.54) is 0 Å². The van der Waals surface area contributed by atoms with E-state index in [9.17, 15) is 9.59 Å². The van der Waals surface area contributed by atoms with E-state index in [0.717, 1.165) is 30.5 Å². The van der Waals surface area contributed by atoms with Crippen LogP contribution in [0.5, 0.6) is 0 Å². The first-order valence-electron chi connectivity index (χ1n) is 7.03. The quantitative estimate of drug-likeness (QED) is 0.929. The van der Waals surface area contributed by atoms with Crippen LogP contribution < -0.4 is 0 Å². The summed E-state index contributed by atoms with van der Waals surface area (Å²) in [6, 6.07) is 0. The number of likely N-dealkylation sites (tertiary alicyclic amines) is 1. The van der Waals surface area contributed by atoms with Crippen molar-refractivity contribution in [3.05, 3.63) is 21.9 Å². The maximum Gasteiger partial charge on any atom is 0.303 e. The van der Waals surface area contributed by atoms with E-state index in [1.54, 1.807) is 11.3 Å². The smallest absolute Gasteiger partial charge is 0.303 e. The monoisotopic (exact) mass is 295 g/mol. The zero-order valence-corrected chi connectivity index (χ0v) is 12.8. The molecular weight excluding hydrogens is 274 g/mol. The number of aryl methyl sites for hydroxylation is 1. The fourth-order valence-corrected chi connectivity index (χ4v) is 3.67. The summed E-state index contributed by atoms with van der Waals surface area (Å²) in [7, 11) is 0. The lowest BCUT2D eigenvalue weighted by atomic mass is 9.84. The van der Waals surface area contributed by atoms with Crippen molar-refractivity contribution < 1.29 is 14.7 Å². The highest BCUT2D eigenvalue weighted by atomic mass is 32.1. The van der Waals surface area contributed by atoms with Crippen LogP contribution in [-0.2, 0) is 4.79 Å². The highest BCUT2D eigenvalue weighted by molar-refractivity contribution is 7.08. The topological polar surface area (TPSA) is 57.6 Å². The molecule has 1 aromatic rings. The third-order valence-electron chi connectivity index (χ3n) is 4.13. The van der Waals surface area contributed by atoms with Gasteiger partial charge in [0.1, 0.15) is 0 Å². The molecule has 0 bridgehead atoms. The van der Waals surface area contributed by atoms with Gasteiger partial charge in [0.2, 0.25) is 0 Å². The molecule has 2 rings (SSSR count). The van der Waals surface area contributed by atoms with Crippen LogP contribution in [0.3, 0.4) is 0 Å². The molecule has 110 valence electrons. The summed E-state index contributed by atoms with van der Waals surface area (Å²) in [6.07, 6.45) is 2.16. The minimum atomic E-state index is -0.755. The number of carboxylic acid groups (broad SMARTS) is 1. The molecule has 0 aromatic carbocycles. The van der Waals surface area contributed by atoms with Crippen LogP contribution in [0.1, 0.15) is 42.1 Å². The first-order valence-corrected chi connectivity index (χ1v) is 7.97. The van der Waals surface area contributed by atoms with Gasteiger partial charge in [-0.15, -0.1) is 0 Å². The van der Waals surface area contributed by atoms with Gasteiger partial charge in [0, 0.05) is 24.9 Å². The van der Waals surface area contributed by atoms with Crippen LogP contribution in [0.25, 0.3) is 0 Å². The third-order valence-corrected chi connectivity index (χ3v) is 4.99. The molecule has 0 saturated carbocycles. The van der Waals surface area contributed by atoms with Gasteiger partial charge in [-0.05, 0) is 42.5 Å². The van der Waals surface area contributed by atoms with Gasteiger partial charge in [-0.3, -0.25) is 9.59 Å². The van der Waals surface area contributed by atoms with E-state index in [0.29, 0.717) is 12.5 Å². The molecule has 1 aliphatic heterocycles. The highest BCUT2D eigenvalue weighted by Crippen LogP contribution is 2.27. The second-order valence-electron chi connectivity index (χ2n) is 5.70. The minimum absolute atomic E-state index is 0.0935. The minimum Gasteiger partial charge on any atom is -0.481 e. The Bertz CT molecular complexity index is 497. The Morgan fingerprint density at radius 3 is 2.85 bits per heavy atom. The number of hydrogen-bond donors (Lipinski definition) is 1. The molecule has 20 heavy (non-hydrogen) atoms. The van der Waals surface area contributed by atoms with E-state index in [-0.39, 0.29) is 18.2 Å². The maximum absolute atomic E-state index is 12.5. The lowest BCUT2D eigenvalue weighted by molar-refractivity contribution is -0.138. The van der Waals surface area contributed by atoms with Crippen molar-refractivity contribution in [2.75, 3.05) is 13.1 Å². The molecule has 1 saturated heterocycles. The fourth-order valence-electron chi connectivity index (χ4n) is 2.85. The van der Waals surface area contributed by atoms with Crippen molar-refractivity contribution in [3.8, 4) is 0 Å². The average molecular weight is 295 g/mol. The molecule has 5 heteroatoms. The zero-order valence-electron chi connectivity index (χ0n) is 12.0. The molecule has 2 atom stereocenters. The molecular formula is C15H21NO3S. The second kappa shape index (κ2) is 6.39. The molecule has 4 nitrogen and oxygen atoms in total. The van der Waals surface area contributed by atoms with Gasteiger partial charge < -0.3 is 10.0 Å². The summed E-state index contributed by atoms with van der Waals surface area (Å²) < 4.78 is 0. The van der Waals surface area contributed by atoms with Gasteiger partial charge in [0.05, 0.1) is 5.56 Å². The van der Waals surface area contributed by atoms with Crippen molar-refractivity contribution in [1.29, 1.82) is 0 Å². The first-order chi connectivity index (χ1) is 9.49. The molecule has 2 heterocycles. The van der Waals surface area contributed by atoms with E-state index < -0.39 is 5.97 Å². The molecule has 1 aliphatic rings. The Morgan fingerprint density at radius 2 is 2.25 bits per heavy atom. The van der Waals surface area contributed by atoms with E-state index in [1.807, 2.05) is 29.5 Å². The number of carbonyl (C=O) groups is 2. The number of nitrogens with zero attached hydrogens (tertiary/aromatic N) is 1. The van der Waals surface area contributed by atoms with Crippen molar-refractivity contribution in [1.82, 2.24) is 4.90 Å². The Morgan fingerprint density at radius 1 is 1.50 bits per heavy atom. The lowest BCUT2D eigenvalue weighted by Crippen LogP contribution is -2.42. The first kappa shape index (κ1) is 15.0. The summed E-state index contributed by atoms with van der Waals surface area (Å²) in [5, 5.41) is 12.8. The van der Waals surface area contributed by atoms with Crippen molar-refractivity contribution in [3.63, 3.8) is 0 Å².